The van der Waals surface area contributed by atoms with Gasteiger partial charge in [-0.1, -0.05) is 22.9 Å². The Balaban J connectivity index is 2.30. The quantitative estimate of drug-likeness (QED) is 0.858. The number of aryl methyl sites for hydroxylation is 1. The van der Waals surface area contributed by atoms with Gasteiger partial charge in [0.2, 0.25) is 0 Å². The van der Waals surface area contributed by atoms with E-state index in [2.05, 4.69) is 47.1 Å². The SMILES string of the molecule is CCc1nc(N)cc(Nc2ccc(Br)cc2Br)n1. The first-order valence-corrected chi connectivity index (χ1v) is 7.02. The van der Waals surface area contributed by atoms with Crippen LogP contribution in [-0.4, -0.2) is 9.97 Å². The lowest BCUT2D eigenvalue weighted by Crippen LogP contribution is -2.03. The van der Waals surface area contributed by atoms with Crippen LogP contribution >= 0.6 is 31.9 Å². The second kappa shape index (κ2) is 5.67. The Morgan fingerprint density at radius 1 is 1.22 bits per heavy atom. The molecule has 0 unspecified atom stereocenters. The van der Waals surface area contributed by atoms with Crippen LogP contribution in [0.25, 0.3) is 0 Å². The van der Waals surface area contributed by atoms with Crippen LogP contribution in [0, 0.1) is 0 Å². The molecule has 0 aliphatic carbocycles. The van der Waals surface area contributed by atoms with Crippen molar-refractivity contribution in [3.05, 3.63) is 39.0 Å². The average Bonchev–Trinajstić information content (AvgIpc) is 2.32. The van der Waals surface area contributed by atoms with Crippen LogP contribution in [0.4, 0.5) is 17.3 Å². The van der Waals surface area contributed by atoms with Gasteiger partial charge in [0, 0.05) is 21.4 Å². The van der Waals surface area contributed by atoms with E-state index in [1.807, 2.05) is 25.1 Å². The van der Waals surface area contributed by atoms with E-state index < -0.39 is 0 Å². The molecule has 3 N–H and O–H groups in total. The van der Waals surface area contributed by atoms with E-state index in [0.717, 1.165) is 26.9 Å². The molecule has 0 radical (unpaired) electrons. The molecule has 0 saturated carbocycles. The number of aromatic nitrogens is 2. The lowest BCUT2D eigenvalue weighted by atomic mass is 10.3. The molecule has 1 heterocycles. The van der Waals surface area contributed by atoms with E-state index in [9.17, 15) is 0 Å². The van der Waals surface area contributed by atoms with Crippen molar-refractivity contribution in [2.24, 2.45) is 0 Å². The van der Waals surface area contributed by atoms with Crippen molar-refractivity contribution >= 4 is 49.2 Å². The van der Waals surface area contributed by atoms with Crippen molar-refractivity contribution in [3.8, 4) is 0 Å². The van der Waals surface area contributed by atoms with Crippen molar-refractivity contribution in [2.45, 2.75) is 13.3 Å². The summed E-state index contributed by atoms with van der Waals surface area (Å²) in [5, 5.41) is 3.22. The number of halogens is 2. The Morgan fingerprint density at radius 2 is 2.00 bits per heavy atom. The fraction of sp³-hybridized carbons (Fsp3) is 0.167. The van der Waals surface area contributed by atoms with Gasteiger partial charge in [0.05, 0.1) is 5.69 Å². The minimum absolute atomic E-state index is 0.470. The maximum absolute atomic E-state index is 5.74. The molecule has 6 heteroatoms. The van der Waals surface area contributed by atoms with Gasteiger partial charge in [0.1, 0.15) is 17.5 Å². The topological polar surface area (TPSA) is 63.8 Å². The molecular weight excluding hydrogens is 360 g/mol. The van der Waals surface area contributed by atoms with Crippen LogP contribution in [0.15, 0.2) is 33.2 Å². The van der Waals surface area contributed by atoms with E-state index in [1.54, 1.807) is 6.07 Å². The highest BCUT2D eigenvalue weighted by molar-refractivity contribution is 9.11. The summed E-state index contributed by atoms with van der Waals surface area (Å²) in [4.78, 5) is 8.51. The maximum Gasteiger partial charge on any atom is 0.136 e. The van der Waals surface area contributed by atoms with E-state index in [0.29, 0.717) is 11.6 Å². The van der Waals surface area contributed by atoms with Crippen LogP contribution in [0.1, 0.15) is 12.7 Å². The number of rotatable bonds is 3. The molecular formula is C12H12Br2N4. The van der Waals surface area contributed by atoms with Crippen molar-refractivity contribution in [3.63, 3.8) is 0 Å². The molecule has 0 bridgehead atoms. The Morgan fingerprint density at radius 3 is 2.67 bits per heavy atom. The number of benzene rings is 1. The summed E-state index contributed by atoms with van der Waals surface area (Å²) in [6.07, 6.45) is 0.751. The molecule has 1 aromatic carbocycles. The summed E-state index contributed by atoms with van der Waals surface area (Å²) >= 11 is 6.90. The van der Waals surface area contributed by atoms with Gasteiger partial charge in [-0.05, 0) is 34.1 Å². The molecule has 1 aromatic heterocycles. The van der Waals surface area contributed by atoms with E-state index in [-0.39, 0.29) is 0 Å². The highest BCUT2D eigenvalue weighted by Gasteiger charge is 2.04. The van der Waals surface area contributed by atoms with Crippen LogP contribution in [0.5, 0.6) is 0 Å². The smallest absolute Gasteiger partial charge is 0.136 e. The monoisotopic (exact) mass is 370 g/mol. The molecule has 18 heavy (non-hydrogen) atoms. The number of nitrogen functional groups attached to an aromatic ring is 1. The first-order valence-electron chi connectivity index (χ1n) is 5.44. The molecule has 0 amide bonds. The largest absolute Gasteiger partial charge is 0.384 e. The Labute approximate surface area is 122 Å². The zero-order valence-electron chi connectivity index (χ0n) is 9.74. The minimum atomic E-state index is 0.470. The molecule has 0 aliphatic rings. The summed E-state index contributed by atoms with van der Waals surface area (Å²) in [5.41, 5.74) is 6.67. The molecule has 0 aliphatic heterocycles. The number of nitrogens with zero attached hydrogens (tertiary/aromatic N) is 2. The highest BCUT2D eigenvalue weighted by atomic mass is 79.9. The predicted octanol–water partition coefficient (Wildman–Crippen LogP) is 3.89. The minimum Gasteiger partial charge on any atom is -0.384 e. The van der Waals surface area contributed by atoms with Gasteiger partial charge in [0.15, 0.2) is 0 Å². The zero-order chi connectivity index (χ0) is 13.1. The van der Waals surface area contributed by atoms with E-state index in [1.165, 1.54) is 0 Å². The summed E-state index contributed by atoms with van der Waals surface area (Å²) in [7, 11) is 0. The first kappa shape index (κ1) is 13.3. The third kappa shape index (κ3) is 3.20. The molecule has 0 atom stereocenters. The predicted molar refractivity (Wildman–Crippen MR) is 80.9 cm³/mol. The summed E-state index contributed by atoms with van der Waals surface area (Å²) in [5.74, 6) is 1.89. The van der Waals surface area contributed by atoms with E-state index >= 15 is 0 Å². The number of hydrogen-bond donors (Lipinski definition) is 2. The third-order valence-corrected chi connectivity index (χ3v) is 3.45. The number of hydrogen-bond acceptors (Lipinski definition) is 4. The summed E-state index contributed by atoms with van der Waals surface area (Å²) < 4.78 is 1.96. The van der Waals surface area contributed by atoms with Gasteiger partial charge in [-0.25, -0.2) is 9.97 Å². The molecule has 0 saturated heterocycles. The first-order chi connectivity index (χ1) is 8.58. The highest BCUT2D eigenvalue weighted by Crippen LogP contribution is 2.28. The summed E-state index contributed by atoms with van der Waals surface area (Å²) in [6.45, 7) is 1.99. The van der Waals surface area contributed by atoms with Crippen LogP contribution < -0.4 is 11.1 Å². The molecule has 0 fully saturated rings. The number of anilines is 3. The second-order valence-corrected chi connectivity index (χ2v) is 5.47. The maximum atomic E-state index is 5.74. The second-order valence-electron chi connectivity index (χ2n) is 3.70. The molecule has 2 aromatic rings. The Bertz CT molecular complexity index is 572. The fourth-order valence-electron chi connectivity index (χ4n) is 1.47. The van der Waals surface area contributed by atoms with Gasteiger partial charge in [-0.2, -0.15) is 0 Å². The van der Waals surface area contributed by atoms with Gasteiger partial charge in [-0.15, -0.1) is 0 Å². The average molecular weight is 372 g/mol. The number of nitrogens with two attached hydrogens (primary N) is 1. The van der Waals surface area contributed by atoms with Gasteiger partial charge < -0.3 is 11.1 Å². The van der Waals surface area contributed by atoms with Crippen LogP contribution in [0.3, 0.4) is 0 Å². The fourth-order valence-corrected chi connectivity index (χ4v) is 2.61. The van der Waals surface area contributed by atoms with Gasteiger partial charge in [-0.3, -0.25) is 0 Å². The Kier molecular flexibility index (Phi) is 4.19. The molecule has 94 valence electrons. The standard InChI is InChI=1S/C12H12Br2N4/c1-2-11-17-10(15)6-12(18-11)16-9-4-3-7(13)5-8(9)14/h3-6H,2H2,1H3,(H3,15,16,17,18). The van der Waals surface area contributed by atoms with Crippen molar-refractivity contribution < 1.29 is 0 Å². The zero-order valence-corrected chi connectivity index (χ0v) is 12.9. The van der Waals surface area contributed by atoms with Crippen molar-refractivity contribution in [2.75, 3.05) is 11.1 Å². The third-order valence-electron chi connectivity index (χ3n) is 2.30. The molecule has 4 nitrogen and oxygen atoms in total. The lowest BCUT2D eigenvalue weighted by Gasteiger charge is -2.09. The molecule has 0 spiro atoms. The number of nitrogens with one attached hydrogen (secondary N) is 1. The van der Waals surface area contributed by atoms with Gasteiger partial charge in [0.25, 0.3) is 0 Å². The van der Waals surface area contributed by atoms with Crippen molar-refractivity contribution in [1.82, 2.24) is 9.97 Å². The molecule has 2 rings (SSSR count). The van der Waals surface area contributed by atoms with Crippen LogP contribution in [0.2, 0.25) is 0 Å². The Hall–Kier alpha value is -1.14. The van der Waals surface area contributed by atoms with E-state index in [4.69, 9.17) is 5.73 Å². The van der Waals surface area contributed by atoms with Crippen molar-refractivity contribution in [1.29, 1.82) is 0 Å². The normalized spacial score (nSPS) is 10.4. The van der Waals surface area contributed by atoms with Gasteiger partial charge >= 0.3 is 0 Å². The van der Waals surface area contributed by atoms with Crippen LogP contribution in [-0.2, 0) is 6.42 Å². The summed E-state index contributed by atoms with van der Waals surface area (Å²) in [6, 6.07) is 7.59. The lowest BCUT2D eigenvalue weighted by molar-refractivity contribution is 0.948.